The second kappa shape index (κ2) is 5.27. The molecule has 0 aliphatic carbocycles. The van der Waals surface area contributed by atoms with Crippen LogP contribution in [0.4, 0.5) is 5.69 Å². The quantitative estimate of drug-likeness (QED) is 0.795. The summed E-state index contributed by atoms with van der Waals surface area (Å²) < 4.78 is 0. The third-order valence-corrected chi connectivity index (χ3v) is 3.18. The third-order valence-electron chi connectivity index (χ3n) is 3.18. The summed E-state index contributed by atoms with van der Waals surface area (Å²) in [6, 6.07) is 6.74. The van der Waals surface area contributed by atoms with Crippen LogP contribution < -0.4 is 10.6 Å². The molecule has 5 heteroatoms. The number of hydrogen-bond donors (Lipinski definition) is 2. The van der Waals surface area contributed by atoms with E-state index in [0.717, 1.165) is 18.8 Å². The Morgan fingerprint density at radius 3 is 2.56 bits per heavy atom. The van der Waals surface area contributed by atoms with Crippen molar-refractivity contribution in [1.82, 2.24) is 4.90 Å². The molecular formula is C13H19N3O2. The van der Waals surface area contributed by atoms with Crippen molar-refractivity contribution in [3.05, 3.63) is 24.3 Å². The van der Waals surface area contributed by atoms with Gasteiger partial charge < -0.3 is 20.6 Å². The van der Waals surface area contributed by atoms with Crippen molar-refractivity contribution in [3.63, 3.8) is 0 Å². The maximum atomic E-state index is 11.7. The average Bonchev–Trinajstić information content (AvgIpc) is 2.38. The van der Waals surface area contributed by atoms with Crippen LogP contribution in [0.25, 0.3) is 0 Å². The Labute approximate surface area is 107 Å². The minimum atomic E-state index is -0.433. The lowest BCUT2D eigenvalue weighted by Gasteiger charge is -2.36. The Balaban J connectivity index is 1.96. The van der Waals surface area contributed by atoms with Crippen LogP contribution in [0, 0.1) is 0 Å². The number of phenolic OH excluding ortho intramolecular Hbond substituents is 1. The van der Waals surface area contributed by atoms with E-state index in [1.807, 2.05) is 12.1 Å². The van der Waals surface area contributed by atoms with Crippen molar-refractivity contribution >= 4 is 11.6 Å². The molecule has 0 aromatic heterocycles. The van der Waals surface area contributed by atoms with Gasteiger partial charge in [0.1, 0.15) is 5.75 Å². The molecule has 1 saturated heterocycles. The third kappa shape index (κ3) is 2.73. The Kier molecular flexibility index (Phi) is 3.72. The predicted octanol–water partition coefficient (Wildman–Crippen LogP) is 0.388. The van der Waals surface area contributed by atoms with Gasteiger partial charge in [-0.2, -0.15) is 0 Å². The Bertz CT molecular complexity index is 426. The van der Waals surface area contributed by atoms with Crippen molar-refractivity contribution in [2.75, 3.05) is 31.1 Å². The van der Waals surface area contributed by atoms with E-state index in [1.54, 1.807) is 24.0 Å². The lowest BCUT2D eigenvalue weighted by molar-refractivity contribution is -0.132. The zero-order chi connectivity index (χ0) is 13.1. The molecule has 0 spiro atoms. The van der Waals surface area contributed by atoms with Crippen LogP contribution in [0.15, 0.2) is 24.3 Å². The molecule has 5 nitrogen and oxygen atoms in total. The van der Waals surface area contributed by atoms with E-state index in [9.17, 15) is 9.90 Å². The lowest BCUT2D eigenvalue weighted by atomic mass is 10.2. The first-order valence-corrected chi connectivity index (χ1v) is 6.16. The number of hydrogen-bond acceptors (Lipinski definition) is 4. The minimum Gasteiger partial charge on any atom is -0.508 e. The van der Waals surface area contributed by atoms with Crippen molar-refractivity contribution in [2.24, 2.45) is 5.73 Å². The number of carbonyl (C=O) groups is 1. The van der Waals surface area contributed by atoms with Gasteiger partial charge in [-0.3, -0.25) is 4.79 Å². The molecule has 98 valence electrons. The topological polar surface area (TPSA) is 69.8 Å². The molecule has 1 unspecified atom stereocenters. The molecule has 1 aliphatic heterocycles. The lowest BCUT2D eigenvalue weighted by Crippen LogP contribution is -2.52. The largest absolute Gasteiger partial charge is 0.508 e. The van der Waals surface area contributed by atoms with Crippen LogP contribution in [0.1, 0.15) is 6.92 Å². The van der Waals surface area contributed by atoms with E-state index in [2.05, 4.69) is 4.90 Å². The van der Waals surface area contributed by atoms with E-state index in [0.29, 0.717) is 13.1 Å². The van der Waals surface area contributed by atoms with Gasteiger partial charge in [-0.25, -0.2) is 0 Å². The van der Waals surface area contributed by atoms with Gasteiger partial charge >= 0.3 is 0 Å². The van der Waals surface area contributed by atoms with E-state index >= 15 is 0 Å². The first kappa shape index (κ1) is 12.7. The highest BCUT2D eigenvalue weighted by atomic mass is 16.3. The van der Waals surface area contributed by atoms with Crippen LogP contribution in [-0.2, 0) is 4.79 Å². The molecule has 18 heavy (non-hydrogen) atoms. The summed E-state index contributed by atoms with van der Waals surface area (Å²) in [6.07, 6.45) is 0. The standard InChI is InChI=1S/C13H19N3O2/c1-10(14)13(18)16-7-5-15(6-8-16)11-3-2-4-12(17)9-11/h2-4,9-10,17H,5-8,14H2,1H3. The number of phenols is 1. The zero-order valence-electron chi connectivity index (χ0n) is 10.5. The summed E-state index contributed by atoms with van der Waals surface area (Å²) in [4.78, 5) is 15.7. The van der Waals surface area contributed by atoms with Crippen LogP contribution in [0.2, 0.25) is 0 Å². The number of benzene rings is 1. The van der Waals surface area contributed by atoms with Gasteiger partial charge in [-0.1, -0.05) is 6.07 Å². The summed E-state index contributed by atoms with van der Waals surface area (Å²) in [7, 11) is 0. The summed E-state index contributed by atoms with van der Waals surface area (Å²) in [6.45, 7) is 4.60. The van der Waals surface area contributed by atoms with Crippen LogP contribution in [0.3, 0.4) is 0 Å². The molecule has 1 aromatic carbocycles. The minimum absolute atomic E-state index is 0.00515. The molecule has 3 N–H and O–H groups in total. The van der Waals surface area contributed by atoms with Gasteiger partial charge in [0.25, 0.3) is 0 Å². The first-order valence-electron chi connectivity index (χ1n) is 6.16. The van der Waals surface area contributed by atoms with Crippen molar-refractivity contribution < 1.29 is 9.90 Å². The predicted molar refractivity (Wildman–Crippen MR) is 70.5 cm³/mol. The molecule has 0 saturated carbocycles. The zero-order valence-corrected chi connectivity index (χ0v) is 10.5. The van der Waals surface area contributed by atoms with Crippen LogP contribution >= 0.6 is 0 Å². The van der Waals surface area contributed by atoms with Crippen molar-refractivity contribution in [1.29, 1.82) is 0 Å². The molecule has 1 aliphatic rings. The molecule has 0 radical (unpaired) electrons. The number of carbonyl (C=O) groups excluding carboxylic acids is 1. The van der Waals surface area contributed by atoms with Gasteiger partial charge in [0.15, 0.2) is 0 Å². The number of nitrogens with zero attached hydrogens (tertiary/aromatic N) is 2. The number of nitrogens with two attached hydrogens (primary N) is 1. The molecule has 1 aromatic rings. The van der Waals surface area contributed by atoms with E-state index in [1.165, 1.54) is 0 Å². The Morgan fingerprint density at radius 1 is 1.33 bits per heavy atom. The molecule has 1 heterocycles. The van der Waals surface area contributed by atoms with Gasteiger partial charge in [-0.15, -0.1) is 0 Å². The molecule has 1 amide bonds. The summed E-state index contributed by atoms with van der Waals surface area (Å²) in [5.74, 6) is 0.271. The maximum absolute atomic E-state index is 11.7. The SMILES string of the molecule is CC(N)C(=O)N1CCN(c2cccc(O)c2)CC1. The number of rotatable bonds is 2. The monoisotopic (exact) mass is 249 g/mol. The first-order chi connectivity index (χ1) is 8.58. The van der Waals surface area contributed by atoms with E-state index in [4.69, 9.17) is 5.73 Å². The normalized spacial score (nSPS) is 17.7. The van der Waals surface area contributed by atoms with Gasteiger partial charge in [-0.05, 0) is 19.1 Å². The highest BCUT2D eigenvalue weighted by molar-refractivity contribution is 5.81. The highest BCUT2D eigenvalue weighted by Gasteiger charge is 2.23. The molecule has 1 atom stereocenters. The average molecular weight is 249 g/mol. The molecule has 1 fully saturated rings. The van der Waals surface area contributed by atoms with Gasteiger partial charge in [0.2, 0.25) is 5.91 Å². The number of piperazine rings is 1. The fraction of sp³-hybridized carbons (Fsp3) is 0.462. The molecular weight excluding hydrogens is 230 g/mol. The number of amides is 1. The second-order valence-corrected chi connectivity index (χ2v) is 4.62. The number of aromatic hydroxyl groups is 1. The van der Waals surface area contributed by atoms with Crippen LogP contribution in [0.5, 0.6) is 5.75 Å². The number of anilines is 1. The highest BCUT2D eigenvalue weighted by Crippen LogP contribution is 2.21. The molecule has 0 bridgehead atoms. The smallest absolute Gasteiger partial charge is 0.239 e. The van der Waals surface area contributed by atoms with Gasteiger partial charge in [0, 0.05) is 37.9 Å². The Morgan fingerprint density at radius 2 is 2.00 bits per heavy atom. The maximum Gasteiger partial charge on any atom is 0.239 e. The summed E-state index contributed by atoms with van der Waals surface area (Å²) in [5, 5.41) is 9.45. The second-order valence-electron chi connectivity index (χ2n) is 4.62. The summed E-state index contributed by atoms with van der Waals surface area (Å²) >= 11 is 0. The van der Waals surface area contributed by atoms with E-state index in [-0.39, 0.29) is 11.7 Å². The molecule has 2 rings (SSSR count). The van der Waals surface area contributed by atoms with Crippen molar-refractivity contribution in [3.8, 4) is 5.75 Å². The fourth-order valence-electron chi connectivity index (χ4n) is 2.16. The van der Waals surface area contributed by atoms with Gasteiger partial charge in [0.05, 0.1) is 6.04 Å². The fourth-order valence-corrected chi connectivity index (χ4v) is 2.16. The Hall–Kier alpha value is -1.75. The summed E-state index contributed by atoms with van der Waals surface area (Å²) in [5.41, 5.74) is 6.58. The van der Waals surface area contributed by atoms with E-state index < -0.39 is 6.04 Å². The van der Waals surface area contributed by atoms with Crippen LogP contribution in [-0.4, -0.2) is 48.1 Å². The van der Waals surface area contributed by atoms with Crippen molar-refractivity contribution in [2.45, 2.75) is 13.0 Å².